The first-order valence-electron chi connectivity index (χ1n) is 12.3. The average Bonchev–Trinajstić information content (AvgIpc) is 3.06. The Hall–Kier alpha value is -3.25. The molecule has 0 radical (unpaired) electrons. The van der Waals surface area contributed by atoms with Crippen LogP contribution in [0.15, 0.2) is 66.7 Å². The molecule has 4 nitrogen and oxygen atoms in total. The molecule has 1 saturated carbocycles. The lowest BCUT2D eigenvalue weighted by Gasteiger charge is -2.38. The Morgan fingerprint density at radius 2 is 1.66 bits per heavy atom. The van der Waals surface area contributed by atoms with E-state index in [1.165, 1.54) is 24.5 Å². The minimum Gasteiger partial charge on any atom is -0.465 e. The van der Waals surface area contributed by atoms with Crippen LogP contribution >= 0.6 is 0 Å². The third-order valence-electron chi connectivity index (χ3n) is 7.69. The highest BCUT2D eigenvalue weighted by atomic mass is 19.2. The Bertz CT molecular complexity index is 1190. The topological polar surface area (TPSA) is 52.6 Å². The molecule has 1 aliphatic carbocycles. The number of amides is 1. The lowest BCUT2D eigenvalue weighted by molar-refractivity contribution is 0.103. The molecule has 5 rings (SSSR count). The van der Waals surface area contributed by atoms with Crippen molar-refractivity contribution in [3.8, 4) is 0 Å². The molecular weight excluding hydrogens is 446 g/mol. The van der Waals surface area contributed by atoms with Crippen molar-refractivity contribution in [2.24, 2.45) is 17.8 Å². The minimum atomic E-state index is -1.14. The van der Waals surface area contributed by atoms with E-state index in [9.17, 15) is 18.7 Å². The van der Waals surface area contributed by atoms with E-state index >= 15 is 0 Å². The normalized spacial score (nSPS) is 21.7. The largest absolute Gasteiger partial charge is 0.465 e. The molecule has 2 aliphatic rings. The van der Waals surface area contributed by atoms with Crippen molar-refractivity contribution in [1.82, 2.24) is 4.90 Å². The highest BCUT2D eigenvalue weighted by Gasteiger charge is 2.41. The first-order chi connectivity index (χ1) is 17.0. The molecule has 0 aromatic heterocycles. The van der Waals surface area contributed by atoms with E-state index in [2.05, 4.69) is 40.5 Å². The van der Waals surface area contributed by atoms with Gasteiger partial charge in [0.2, 0.25) is 0 Å². The number of carboxylic acid groups (broad SMARTS) is 1. The van der Waals surface area contributed by atoms with Gasteiger partial charge in [-0.1, -0.05) is 48.5 Å². The summed E-state index contributed by atoms with van der Waals surface area (Å²) in [6.45, 7) is 3.11. The lowest BCUT2D eigenvalue weighted by Crippen LogP contribution is -2.42. The lowest BCUT2D eigenvalue weighted by atomic mass is 9.79. The number of halogens is 2. The van der Waals surface area contributed by atoms with E-state index in [-0.39, 0.29) is 0 Å². The molecule has 0 spiro atoms. The van der Waals surface area contributed by atoms with E-state index in [0.29, 0.717) is 35.4 Å². The van der Waals surface area contributed by atoms with E-state index < -0.39 is 17.7 Å². The van der Waals surface area contributed by atoms with Gasteiger partial charge in [0.05, 0.1) is 0 Å². The van der Waals surface area contributed by atoms with Crippen LogP contribution in [0.1, 0.15) is 35.1 Å². The fourth-order valence-corrected chi connectivity index (χ4v) is 6.11. The number of piperidine rings is 1. The second-order valence-corrected chi connectivity index (χ2v) is 9.94. The summed E-state index contributed by atoms with van der Waals surface area (Å²) >= 11 is 0. The molecule has 1 aliphatic heterocycles. The van der Waals surface area contributed by atoms with E-state index in [1.807, 2.05) is 12.1 Å². The van der Waals surface area contributed by atoms with Crippen molar-refractivity contribution in [3.63, 3.8) is 0 Å². The van der Waals surface area contributed by atoms with Crippen molar-refractivity contribution < 1.29 is 18.7 Å². The number of anilines is 1. The summed E-state index contributed by atoms with van der Waals surface area (Å²) in [5.74, 6) is -0.0403. The Kier molecular flexibility index (Phi) is 6.82. The number of nitrogens with zero attached hydrogens (tertiary/aromatic N) is 1. The molecule has 2 bridgehead atoms. The Morgan fingerprint density at radius 1 is 0.914 bits per heavy atom. The summed E-state index contributed by atoms with van der Waals surface area (Å²) in [5, 5.41) is 11.9. The summed E-state index contributed by atoms with van der Waals surface area (Å²) in [6, 6.07) is 20.1. The predicted octanol–water partition coefficient (Wildman–Crippen LogP) is 6.35. The average molecular weight is 477 g/mol. The molecule has 2 fully saturated rings. The van der Waals surface area contributed by atoms with Crippen molar-refractivity contribution in [2.45, 2.75) is 32.2 Å². The van der Waals surface area contributed by atoms with Gasteiger partial charge in [-0.2, -0.15) is 0 Å². The molecule has 3 aromatic rings. The SMILES string of the molecule is O=C(O)Nc1cccc(CC2C3CCC2CN(Cc2ccccc2)C3)c1Cc1ccc(F)c(F)c1. The van der Waals surface area contributed by atoms with E-state index in [4.69, 9.17) is 0 Å². The number of hydrogen-bond acceptors (Lipinski definition) is 2. The van der Waals surface area contributed by atoms with Gasteiger partial charge >= 0.3 is 6.09 Å². The quantitative estimate of drug-likeness (QED) is 0.418. The highest BCUT2D eigenvalue weighted by molar-refractivity contribution is 5.84. The number of benzene rings is 3. The van der Waals surface area contributed by atoms with Gasteiger partial charge in [-0.3, -0.25) is 10.2 Å². The monoisotopic (exact) mass is 476 g/mol. The maximum atomic E-state index is 13.9. The summed E-state index contributed by atoms with van der Waals surface area (Å²) in [6.07, 6.45) is 2.50. The van der Waals surface area contributed by atoms with Crippen LogP contribution in [-0.2, 0) is 19.4 Å². The number of fused-ring (bicyclic) bond motifs is 2. The van der Waals surface area contributed by atoms with Crippen molar-refractivity contribution in [1.29, 1.82) is 0 Å². The first kappa shape index (κ1) is 23.5. The summed E-state index contributed by atoms with van der Waals surface area (Å²) < 4.78 is 27.4. The maximum absolute atomic E-state index is 13.9. The molecule has 2 N–H and O–H groups in total. The van der Waals surface area contributed by atoms with E-state index in [1.54, 1.807) is 12.1 Å². The maximum Gasteiger partial charge on any atom is 0.409 e. The van der Waals surface area contributed by atoms with Crippen molar-refractivity contribution >= 4 is 11.8 Å². The first-order valence-corrected chi connectivity index (χ1v) is 12.3. The fourth-order valence-electron chi connectivity index (χ4n) is 6.11. The highest BCUT2D eigenvalue weighted by Crippen LogP contribution is 2.44. The van der Waals surface area contributed by atoms with Crippen LogP contribution in [0.2, 0.25) is 0 Å². The predicted molar refractivity (Wildman–Crippen MR) is 132 cm³/mol. The smallest absolute Gasteiger partial charge is 0.409 e. The molecule has 1 amide bonds. The molecule has 35 heavy (non-hydrogen) atoms. The van der Waals surface area contributed by atoms with Gasteiger partial charge in [0, 0.05) is 25.3 Å². The summed E-state index contributed by atoms with van der Waals surface area (Å²) in [5.41, 5.74) is 4.39. The Balaban J connectivity index is 1.37. The van der Waals surface area contributed by atoms with Gasteiger partial charge in [0.15, 0.2) is 11.6 Å². The number of carbonyl (C=O) groups is 1. The van der Waals surface area contributed by atoms with Gasteiger partial charge in [0.1, 0.15) is 0 Å². The van der Waals surface area contributed by atoms with Gasteiger partial charge in [-0.15, -0.1) is 0 Å². The Morgan fingerprint density at radius 3 is 2.34 bits per heavy atom. The van der Waals surface area contributed by atoms with Crippen LogP contribution in [-0.4, -0.2) is 29.2 Å². The second-order valence-electron chi connectivity index (χ2n) is 9.94. The van der Waals surface area contributed by atoms with Gasteiger partial charge in [-0.05, 0) is 83.9 Å². The summed E-state index contributed by atoms with van der Waals surface area (Å²) in [4.78, 5) is 14.0. The number of rotatable bonds is 7. The number of nitrogens with one attached hydrogen (secondary N) is 1. The zero-order valence-electron chi connectivity index (χ0n) is 19.6. The molecule has 182 valence electrons. The van der Waals surface area contributed by atoms with E-state index in [0.717, 1.165) is 43.2 Å². The van der Waals surface area contributed by atoms with Crippen molar-refractivity contribution in [3.05, 3.63) is 101 Å². The molecule has 2 atom stereocenters. The van der Waals surface area contributed by atoms with Crippen LogP contribution in [0, 0.1) is 29.4 Å². The third-order valence-corrected chi connectivity index (χ3v) is 7.69. The Labute approximate surface area is 204 Å². The van der Waals surface area contributed by atoms with Crippen LogP contribution < -0.4 is 5.32 Å². The fraction of sp³-hybridized carbons (Fsp3) is 0.345. The molecule has 1 saturated heterocycles. The molecular formula is C29H30F2N2O2. The van der Waals surface area contributed by atoms with Gasteiger partial charge in [0.25, 0.3) is 0 Å². The molecule has 1 heterocycles. The van der Waals surface area contributed by atoms with Crippen LogP contribution in [0.3, 0.4) is 0 Å². The third kappa shape index (κ3) is 5.38. The molecule has 6 heteroatoms. The van der Waals surface area contributed by atoms with Crippen molar-refractivity contribution in [2.75, 3.05) is 18.4 Å². The van der Waals surface area contributed by atoms with Crippen LogP contribution in [0.25, 0.3) is 0 Å². The van der Waals surface area contributed by atoms with Crippen LogP contribution in [0.4, 0.5) is 19.3 Å². The van der Waals surface area contributed by atoms with Gasteiger partial charge < -0.3 is 5.11 Å². The number of likely N-dealkylation sites (tertiary alicyclic amines) is 1. The zero-order chi connectivity index (χ0) is 24.4. The standard InChI is InChI=1S/C29H30F2N2O2/c30-26-12-9-20(14-27(26)31)13-25-21(7-4-8-28(25)32-29(34)35)15-24-22-10-11-23(24)18-33(17-22)16-19-5-2-1-3-6-19/h1-9,12,14,22-24,32H,10-11,13,15-18H2,(H,34,35). The molecule has 3 aromatic carbocycles. The zero-order valence-corrected chi connectivity index (χ0v) is 19.6. The number of hydrogen-bond donors (Lipinski definition) is 2. The summed E-state index contributed by atoms with van der Waals surface area (Å²) in [7, 11) is 0. The second kappa shape index (κ2) is 10.2. The minimum absolute atomic E-state index is 0.338. The molecule has 2 unspecified atom stereocenters. The van der Waals surface area contributed by atoms with Gasteiger partial charge in [-0.25, -0.2) is 13.6 Å². The van der Waals surface area contributed by atoms with Crippen LogP contribution in [0.5, 0.6) is 0 Å².